The van der Waals surface area contributed by atoms with Crippen molar-refractivity contribution in [3.63, 3.8) is 0 Å². The molecule has 0 aliphatic heterocycles. The smallest absolute Gasteiger partial charge is 0.358 e. The maximum Gasteiger partial charge on any atom is 0.358 e. The summed E-state index contributed by atoms with van der Waals surface area (Å²) in [6, 6.07) is 7.82. The number of fused-ring (bicyclic) bond motifs is 1. The minimum atomic E-state index is -0.378. The van der Waals surface area contributed by atoms with Crippen LogP contribution in [0.4, 0.5) is 0 Å². The Morgan fingerprint density at radius 1 is 1.25 bits per heavy atom. The van der Waals surface area contributed by atoms with Gasteiger partial charge in [-0.3, -0.25) is 0 Å². The molecule has 0 fully saturated rings. The average molecular weight is 276 g/mol. The Balaban J connectivity index is 2.64. The van der Waals surface area contributed by atoms with Crippen LogP contribution in [0.15, 0.2) is 24.3 Å². The van der Waals surface area contributed by atoms with Crippen LogP contribution in [0, 0.1) is 0 Å². The topological polar surface area (TPSA) is 43.7 Å². The highest BCUT2D eigenvalue weighted by Gasteiger charge is 2.23. The van der Waals surface area contributed by atoms with Crippen molar-refractivity contribution in [1.29, 1.82) is 0 Å². The number of ether oxygens (including phenoxy) is 2. The molecule has 0 atom stereocenters. The van der Waals surface area contributed by atoms with Crippen molar-refractivity contribution in [3.05, 3.63) is 30.0 Å². The predicted molar refractivity (Wildman–Crippen MR) is 78.4 cm³/mol. The van der Waals surface area contributed by atoms with Crippen molar-refractivity contribution in [2.75, 3.05) is 34.9 Å². The Morgan fingerprint density at radius 3 is 2.55 bits per heavy atom. The molecule has 0 unspecified atom stereocenters. The van der Waals surface area contributed by atoms with E-state index in [9.17, 15) is 4.79 Å². The molecule has 0 saturated carbocycles. The molecular weight excluding hydrogens is 256 g/mol. The largest absolute Gasteiger partial charge is 0.494 e. The zero-order valence-electron chi connectivity index (χ0n) is 12.3. The zero-order valence-corrected chi connectivity index (χ0v) is 12.3. The van der Waals surface area contributed by atoms with E-state index in [-0.39, 0.29) is 5.97 Å². The molecule has 0 N–H and O–H groups in total. The Kier molecular flexibility index (Phi) is 4.29. The van der Waals surface area contributed by atoms with Crippen LogP contribution in [-0.2, 0) is 11.3 Å². The van der Waals surface area contributed by atoms with Gasteiger partial charge < -0.3 is 18.9 Å². The molecule has 1 heterocycles. The molecule has 2 aromatic rings. The lowest BCUT2D eigenvalue weighted by molar-refractivity contribution is 0.0584. The van der Waals surface area contributed by atoms with Crippen molar-refractivity contribution >= 4 is 16.9 Å². The number of rotatable bonds is 5. The number of likely N-dealkylation sites (N-methyl/N-ethyl adjacent to an activating group) is 1. The monoisotopic (exact) mass is 276 g/mol. The van der Waals surface area contributed by atoms with E-state index in [2.05, 4.69) is 4.90 Å². The zero-order chi connectivity index (χ0) is 14.7. The molecule has 0 amide bonds. The molecule has 5 nitrogen and oxygen atoms in total. The summed E-state index contributed by atoms with van der Waals surface area (Å²) >= 11 is 0. The third-order valence-electron chi connectivity index (χ3n) is 3.28. The van der Waals surface area contributed by atoms with Gasteiger partial charge in [-0.2, -0.15) is 0 Å². The normalized spacial score (nSPS) is 11.1. The van der Waals surface area contributed by atoms with Gasteiger partial charge in [0.1, 0.15) is 0 Å². The van der Waals surface area contributed by atoms with E-state index < -0.39 is 0 Å². The number of aromatic nitrogens is 1. The molecule has 0 bridgehead atoms. The second-order valence-corrected chi connectivity index (χ2v) is 4.85. The van der Waals surface area contributed by atoms with E-state index in [1.165, 1.54) is 7.11 Å². The van der Waals surface area contributed by atoms with Crippen molar-refractivity contribution in [1.82, 2.24) is 9.47 Å². The molecule has 0 spiro atoms. The molecule has 0 saturated heterocycles. The lowest BCUT2D eigenvalue weighted by Gasteiger charge is -2.13. The second kappa shape index (κ2) is 5.96. The van der Waals surface area contributed by atoms with E-state index in [1.54, 1.807) is 7.11 Å². The van der Waals surface area contributed by atoms with Crippen molar-refractivity contribution in [2.24, 2.45) is 0 Å². The van der Waals surface area contributed by atoms with E-state index in [0.717, 1.165) is 17.4 Å². The molecule has 5 heteroatoms. The third kappa shape index (κ3) is 2.49. The molecule has 0 radical (unpaired) electrons. The number of hydrogen-bond donors (Lipinski definition) is 0. The fourth-order valence-electron chi connectivity index (χ4n) is 2.31. The Hall–Kier alpha value is -2.01. The summed E-state index contributed by atoms with van der Waals surface area (Å²) in [5.74, 6) is 0.197. The fraction of sp³-hybridized carbons (Fsp3) is 0.400. The van der Waals surface area contributed by atoms with Crippen molar-refractivity contribution < 1.29 is 14.3 Å². The average Bonchev–Trinajstić information content (AvgIpc) is 2.77. The van der Waals surface area contributed by atoms with Gasteiger partial charge in [0.25, 0.3) is 0 Å². The molecule has 2 rings (SSSR count). The standard InChI is InChI=1S/C15H20N2O3/c1-16(2)9-10-17-12-8-6-5-7-11(12)14(19-3)13(17)15(18)20-4/h5-8H,9-10H2,1-4H3. The molecule has 0 aliphatic carbocycles. The molecule has 1 aromatic carbocycles. The van der Waals surface area contributed by atoms with Gasteiger partial charge in [0.05, 0.1) is 19.7 Å². The first kappa shape index (κ1) is 14.4. The first-order valence-electron chi connectivity index (χ1n) is 6.48. The molecular formula is C15H20N2O3. The van der Waals surface area contributed by atoms with Gasteiger partial charge in [0.2, 0.25) is 0 Å². The SMILES string of the molecule is COC(=O)c1c(OC)c2ccccc2n1CCN(C)C. The second-order valence-electron chi connectivity index (χ2n) is 4.85. The van der Waals surface area contributed by atoms with Crippen LogP contribution < -0.4 is 4.74 Å². The van der Waals surface area contributed by atoms with Crippen molar-refractivity contribution in [2.45, 2.75) is 6.54 Å². The van der Waals surface area contributed by atoms with Crippen LogP contribution in [0.5, 0.6) is 5.75 Å². The number of esters is 1. The van der Waals surface area contributed by atoms with E-state index >= 15 is 0 Å². The highest BCUT2D eigenvalue weighted by molar-refractivity contribution is 6.01. The third-order valence-corrected chi connectivity index (χ3v) is 3.28. The van der Waals surface area contributed by atoms with Gasteiger partial charge >= 0.3 is 5.97 Å². The van der Waals surface area contributed by atoms with E-state index in [4.69, 9.17) is 9.47 Å². The van der Waals surface area contributed by atoms with Crippen LogP contribution in [-0.4, -0.2) is 50.3 Å². The number of carbonyl (C=O) groups is 1. The Labute approximate surface area is 118 Å². The van der Waals surface area contributed by atoms with Crippen LogP contribution in [0.25, 0.3) is 10.9 Å². The van der Waals surface area contributed by atoms with Gasteiger partial charge in [-0.1, -0.05) is 12.1 Å². The minimum absolute atomic E-state index is 0.378. The quantitative estimate of drug-likeness (QED) is 0.783. The van der Waals surface area contributed by atoms with E-state index in [0.29, 0.717) is 18.0 Å². The van der Waals surface area contributed by atoms with Crippen LogP contribution in [0.3, 0.4) is 0 Å². The summed E-state index contributed by atoms with van der Waals surface area (Å²) in [4.78, 5) is 14.2. The Bertz CT molecular complexity index is 617. The first-order valence-corrected chi connectivity index (χ1v) is 6.48. The maximum absolute atomic E-state index is 12.1. The number of methoxy groups -OCH3 is 2. The van der Waals surface area contributed by atoms with Gasteiger partial charge in [0.15, 0.2) is 11.4 Å². The molecule has 108 valence electrons. The maximum atomic E-state index is 12.1. The summed E-state index contributed by atoms with van der Waals surface area (Å²) in [5, 5.41) is 0.925. The van der Waals surface area contributed by atoms with Gasteiger partial charge in [-0.25, -0.2) is 4.79 Å². The van der Waals surface area contributed by atoms with E-state index in [1.807, 2.05) is 42.9 Å². The first-order chi connectivity index (χ1) is 9.60. The van der Waals surface area contributed by atoms with Gasteiger partial charge in [-0.05, 0) is 26.2 Å². The van der Waals surface area contributed by atoms with Crippen LogP contribution in [0.2, 0.25) is 0 Å². The minimum Gasteiger partial charge on any atom is -0.494 e. The molecule has 0 aliphatic rings. The fourth-order valence-corrected chi connectivity index (χ4v) is 2.31. The molecule has 20 heavy (non-hydrogen) atoms. The number of hydrogen-bond acceptors (Lipinski definition) is 4. The van der Waals surface area contributed by atoms with Crippen molar-refractivity contribution in [3.8, 4) is 5.75 Å². The van der Waals surface area contributed by atoms with Gasteiger partial charge in [0, 0.05) is 18.5 Å². The van der Waals surface area contributed by atoms with Crippen LogP contribution in [0.1, 0.15) is 10.5 Å². The molecule has 1 aromatic heterocycles. The summed E-state index contributed by atoms with van der Waals surface area (Å²) in [7, 11) is 6.96. The number of para-hydroxylation sites is 1. The number of benzene rings is 1. The number of nitrogens with zero attached hydrogens (tertiary/aromatic N) is 2. The van der Waals surface area contributed by atoms with Gasteiger partial charge in [-0.15, -0.1) is 0 Å². The Morgan fingerprint density at radius 2 is 1.95 bits per heavy atom. The lowest BCUT2D eigenvalue weighted by atomic mass is 10.2. The highest BCUT2D eigenvalue weighted by atomic mass is 16.5. The summed E-state index contributed by atoms with van der Waals surface area (Å²) < 4.78 is 12.3. The summed E-state index contributed by atoms with van der Waals surface area (Å²) in [6.07, 6.45) is 0. The summed E-state index contributed by atoms with van der Waals surface area (Å²) in [5.41, 5.74) is 1.45. The lowest BCUT2D eigenvalue weighted by Crippen LogP contribution is -2.21. The summed E-state index contributed by atoms with van der Waals surface area (Å²) in [6.45, 7) is 1.52. The highest BCUT2D eigenvalue weighted by Crippen LogP contribution is 2.33. The predicted octanol–water partition coefficient (Wildman–Crippen LogP) is 2.00. The number of carbonyl (C=O) groups excluding carboxylic acids is 1. The van der Waals surface area contributed by atoms with Crippen LogP contribution >= 0.6 is 0 Å².